The molecule has 0 amide bonds. The van der Waals surface area contributed by atoms with Crippen LogP contribution in [-0.2, 0) is 27.0 Å². The molecule has 0 saturated heterocycles. The van der Waals surface area contributed by atoms with E-state index in [1.165, 1.54) is 32.1 Å². The molecule has 3 aromatic rings. The molecule has 1 unspecified atom stereocenters. The van der Waals surface area contributed by atoms with E-state index in [4.69, 9.17) is 3.68 Å². The normalized spacial score (nSPS) is 15.5. The molecule has 2 N–H and O–H groups in total. The van der Waals surface area contributed by atoms with Gasteiger partial charge in [-0.1, -0.05) is 0 Å². The second-order valence-corrected chi connectivity index (χ2v) is 15.5. The number of allylic oxidation sites excluding steroid dienone is 4. The van der Waals surface area contributed by atoms with Crippen molar-refractivity contribution in [1.82, 2.24) is 0 Å². The van der Waals surface area contributed by atoms with Crippen LogP contribution in [0.5, 0.6) is 0 Å². The summed E-state index contributed by atoms with van der Waals surface area (Å²) >= 11 is -3.42. The van der Waals surface area contributed by atoms with Crippen LogP contribution in [0.2, 0.25) is 0 Å². The molecule has 0 aliphatic heterocycles. The van der Waals surface area contributed by atoms with E-state index in [0.29, 0.717) is 0 Å². The van der Waals surface area contributed by atoms with E-state index in [2.05, 4.69) is 91.0 Å². The summed E-state index contributed by atoms with van der Waals surface area (Å²) < 4.78 is 11.7. The summed E-state index contributed by atoms with van der Waals surface area (Å²) in [5.41, 5.74) is 5.65. The van der Waals surface area contributed by atoms with Gasteiger partial charge in [-0.2, -0.15) is 0 Å². The van der Waals surface area contributed by atoms with Crippen LogP contribution in [0.4, 0.5) is 0 Å². The fraction of sp³-hybridized carbons (Fsp3) is 0.0833. The van der Waals surface area contributed by atoms with Gasteiger partial charge < -0.3 is 0 Å². The van der Waals surface area contributed by atoms with Gasteiger partial charge in [-0.3, -0.25) is 0 Å². The Morgan fingerprint density at radius 1 is 0.750 bits per heavy atom. The summed E-state index contributed by atoms with van der Waals surface area (Å²) in [5.74, 6) is 0. The molecule has 1 atom stereocenters. The van der Waals surface area contributed by atoms with Crippen LogP contribution in [0, 0.1) is 0 Å². The molecule has 0 heterocycles. The first kappa shape index (κ1) is 21.3. The Morgan fingerprint density at radius 2 is 1.46 bits per heavy atom. The topological polar surface area (TPSA) is 26.0 Å². The molecule has 2 aliphatic carbocycles. The summed E-state index contributed by atoms with van der Waals surface area (Å²) in [7, 11) is 0. The molecule has 0 spiro atoms. The molecular formula is C24H23Cl2NZr. The van der Waals surface area contributed by atoms with Crippen LogP contribution in [-0.4, -0.2) is 0 Å². The molecule has 142 valence electrons. The molecule has 5 rings (SSSR count). The van der Waals surface area contributed by atoms with Crippen LogP contribution in [0.3, 0.4) is 0 Å². The first-order chi connectivity index (χ1) is 12.8. The number of fused-ring (bicyclic) bond motifs is 3. The standard InChI is InChI=1S/C13H9.C6H5.C5H5.2ClH.H2N.Zr/c1-3-7-12-10(5-1)9-11-6-2-4-8-13(11)12;1-2-4-6-5-3-1;1-2-4-5-3-1;;;;/h1-5,7-8H,9H2;1-5H;1-3H,4H2;2*1H;1H2;/q;;;;;-1;+1. The van der Waals surface area contributed by atoms with Crippen molar-refractivity contribution < 1.29 is 20.6 Å². The van der Waals surface area contributed by atoms with Crippen LogP contribution < -0.4 is 10.2 Å². The predicted octanol–water partition coefficient (Wildman–Crippen LogP) is 4.92. The SMILES string of the molecule is Cl.Cl.[NH2][Zr]([C]1=CC=CC1)([c]1ccccc1)[c]1cccc2c1Cc1ccccc1-2. The van der Waals surface area contributed by atoms with E-state index < -0.39 is 20.6 Å². The van der Waals surface area contributed by atoms with Gasteiger partial charge in [0, 0.05) is 0 Å². The van der Waals surface area contributed by atoms with Crippen molar-refractivity contribution in [3.05, 3.63) is 105 Å². The van der Waals surface area contributed by atoms with Crippen molar-refractivity contribution in [2.75, 3.05) is 0 Å². The van der Waals surface area contributed by atoms with Gasteiger partial charge in [-0.15, -0.1) is 24.8 Å². The third kappa shape index (κ3) is 3.27. The third-order valence-electron chi connectivity index (χ3n) is 5.78. The minimum absolute atomic E-state index is 0. The Morgan fingerprint density at radius 3 is 2.21 bits per heavy atom. The molecule has 2 aliphatic rings. The van der Waals surface area contributed by atoms with Crippen LogP contribution in [0.15, 0.2) is 94.3 Å². The minimum atomic E-state index is -3.42. The van der Waals surface area contributed by atoms with E-state index in [1.807, 2.05) is 0 Å². The van der Waals surface area contributed by atoms with Gasteiger partial charge in [0.25, 0.3) is 0 Å². The van der Waals surface area contributed by atoms with Crippen molar-refractivity contribution >= 4 is 31.4 Å². The van der Waals surface area contributed by atoms with E-state index in [9.17, 15) is 0 Å². The van der Waals surface area contributed by atoms with Gasteiger partial charge in [0.2, 0.25) is 0 Å². The average molecular weight is 488 g/mol. The van der Waals surface area contributed by atoms with Gasteiger partial charge in [0.1, 0.15) is 0 Å². The van der Waals surface area contributed by atoms with Gasteiger partial charge in [-0.25, -0.2) is 0 Å². The number of rotatable bonds is 3. The Labute approximate surface area is 184 Å². The Balaban J connectivity index is 0.00000112. The van der Waals surface area contributed by atoms with Crippen molar-refractivity contribution in [2.24, 2.45) is 3.68 Å². The second-order valence-electron chi connectivity index (χ2n) is 7.16. The Bertz CT molecular complexity index is 1060. The predicted molar refractivity (Wildman–Crippen MR) is 121 cm³/mol. The Hall–Kier alpha value is -1.44. The monoisotopic (exact) mass is 485 g/mol. The molecule has 28 heavy (non-hydrogen) atoms. The Kier molecular flexibility index (Phi) is 6.47. The first-order valence-corrected chi connectivity index (χ1v) is 14.3. The number of hydrogen-bond donors (Lipinski definition) is 1. The third-order valence-corrected chi connectivity index (χ3v) is 15.5. The van der Waals surface area contributed by atoms with Crippen molar-refractivity contribution in [1.29, 1.82) is 0 Å². The number of nitrogens with two attached hydrogens (primary N) is 1. The van der Waals surface area contributed by atoms with Gasteiger partial charge in [-0.05, 0) is 0 Å². The molecule has 1 nitrogen and oxygen atoms in total. The van der Waals surface area contributed by atoms with Crippen LogP contribution in [0.1, 0.15) is 17.5 Å². The van der Waals surface area contributed by atoms with Gasteiger partial charge in [0.15, 0.2) is 0 Å². The van der Waals surface area contributed by atoms with E-state index in [-0.39, 0.29) is 24.8 Å². The molecule has 4 heteroatoms. The van der Waals surface area contributed by atoms with Crippen molar-refractivity contribution in [2.45, 2.75) is 12.8 Å². The molecule has 0 aromatic heterocycles. The zero-order valence-corrected chi connectivity index (χ0v) is 19.6. The summed E-state index contributed by atoms with van der Waals surface area (Å²) in [6.45, 7) is 0. The summed E-state index contributed by atoms with van der Waals surface area (Å²) in [6.07, 6.45) is 8.71. The molecule has 0 bridgehead atoms. The van der Waals surface area contributed by atoms with Crippen LogP contribution in [0.25, 0.3) is 11.1 Å². The number of halogens is 2. The zero-order chi connectivity index (χ0) is 17.6. The molecule has 0 radical (unpaired) electrons. The van der Waals surface area contributed by atoms with E-state index in [0.717, 1.165) is 12.8 Å². The van der Waals surface area contributed by atoms with Crippen molar-refractivity contribution in [3.8, 4) is 11.1 Å². The van der Waals surface area contributed by atoms with E-state index in [1.54, 1.807) is 0 Å². The molecular weight excluding hydrogens is 464 g/mol. The fourth-order valence-electron chi connectivity index (χ4n) is 4.48. The molecule has 3 aromatic carbocycles. The molecule has 0 saturated carbocycles. The van der Waals surface area contributed by atoms with E-state index >= 15 is 0 Å². The summed E-state index contributed by atoms with van der Waals surface area (Å²) in [6, 6.07) is 26.4. The summed E-state index contributed by atoms with van der Waals surface area (Å²) in [5, 5.41) is 0. The maximum atomic E-state index is 7.46. The van der Waals surface area contributed by atoms with Gasteiger partial charge >= 0.3 is 160 Å². The molecule has 0 fully saturated rings. The van der Waals surface area contributed by atoms with Gasteiger partial charge in [0.05, 0.1) is 0 Å². The maximum absolute atomic E-state index is 7.46. The quantitative estimate of drug-likeness (QED) is 0.436. The van der Waals surface area contributed by atoms with Crippen LogP contribution >= 0.6 is 24.8 Å². The number of benzene rings is 3. The first-order valence-electron chi connectivity index (χ1n) is 9.19. The second kappa shape index (κ2) is 8.51. The zero-order valence-electron chi connectivity index (χ0n) is 15.5. The summed E-state index contributed by atoms with van der Waals surface area (Å²) in [4.78, 5) is 0. The fourth-order valence-corrected chi connectivity index (χ4v) is 13.3. The van der Waals surface area contributed by atoms with Crippen molar-refractivity contribution in [3.63, 3.8) is 0 Å². The number of hydrogen-bond acceptors (Lipinski definition) is 1. The average Bonchev–Trinajstić information content (AvgIpc) is 3.36.